The molecule has 1 amide bonds. The maximum atomic E-state index is 13.3. The van der Waals surface area contributed by atoms with Crippen LogP contribution in [0.1, 0.15) is 21.5 Å². The Bertz CT molecular complexity index is 1160. The van der Waals surface area contributed by atoms with Crippen LogP contribution in [-0.2, 0) is 12.4 Å². The van der Waals surface area contributed by atoms with Gasteiger partial charge < -0.3 is 5.32 Å². The molecule has 1 N–H and O–H groups in total. The second-order valence-corrected chi connectivity index (χ2v) is 6.00. The summed E-state index contributed by atoms with van der Waals surface area (Å²) in [5.41, 5.74) is -4.72. The quantitative estimate of drug-likeness (QED) is 0.342. The van der Waals surface area contributed by atoms with E-state index in [-0.39, 0.29) is 28.3 Å². The summed E-state index contributed by atoms with van der Waals surface area (Å²) < 4.78 is 78.2. The normalized spacial score (nSPS) is 12.1. The number of non-ortho nitro benzene ring substituents is 1. The Kier molecular flexibility index (Phi) is 5.10. The van der Waals surface area contributed by atoms with Crippen LogP contribution in [0.2, 0.25) is 0 Å². The summed E-state index contributed by atoms with van der Waals surface area (Å²) in [6, 6.07) is 5.71. The van der Waals surface area contributed by atoms with Crippen molar-refractivity contribution in [1.29, 1.82) is 0 Å². The summed E-state index contributed by atoms with van der Waals surface area (Å²) in [5.74, 6) is -1.66. The molecule has 1 heterocycles. The van der Waals surface area contributed by atoms with Crippen molar-refractivity contribution in [1.82, 2.24) is 4.98 Å². The first-order valence-corrected chi connectivity index (χ1v) is 8.01. The van der Waals surface area contributed by atoms with E-state index in [1.54, 1.807) is 0 Å². The molecule has 0 atom stereocenters. The van der Waals surface area contributed by atoms with E-state index in [1.165, 1.54) is 24.3 Å². The SMILES string of the molecule is O=C(Nc1nccc2c([N+](=O)[O-])cccc12)c1ccc(C(F)(F)F)cc1C(F)(F)F. The van der Waals surface area contributed by atoms with Crippen LogP contribution in [-0.4, -0.2) is 15.8 Å². The van der Waals surface area contributed by atoms with E-state index in [0.717, 1.165) is 6.20 Å². The van der Waals surface area contributed by atoms with Gasteiger partial charge in [0.25, 0.3) is 11.6 Å². The number of carbonyl (C=O) groups excluding carboxylic acids is 1. The number of amides is 1. The third-order valence-corrected chi connectivity index (χ3v) is 4.11. The van der Waals surface area contributed by atoms with Crippen LogP contribution in [0.25, 0.3) is 10.8 Å². The number of rotatable bonds is 3. The molecule has 0 fully saturated rings. The van der Waals surface area contributed by atoms with Crippen LogP contribution in [0.4, 0.5) is 37.8 Å². The number of hydrogen-bond acceptors (Lipinski definition) is 4. The number of nitrogens with one attached hydrogen (secondary N) is 1. The molecule has 1 aromatic heterocycles. The van der Waals surface area contributed by atoms with Crippen molar-refractivity contribution < 1.29 is 36.1 Å². The molecule has 0 saturated carbocycles. The van der Waals surface area contributed by atoms with Gasteiger partial charge in [0, 0.05) is 17.6 Å². The Labute approximate surface area is 163 Å². The van der Waals surface area contributed by atoms with Gasteiger partial charge in [-0.15, -0.1) is 0 Å². The standard InChI is InChI=1S/C18H9F6N3O3/c19-17(20,21)9-4-5-12(13(8-9)18(22,23)24)16(28)26-15-11-2-1-3-14(27(29)30)10(11)6-7-25-15/h1-8H,(H,25,26,28). The number of aromatic nitrogens is 1. The molecular weight excluding hydrogens is 420 g/mol. The lowest BCUT2D eigenvalue weighted by atomic mass is 10.0. The Hall–Kier alpha value is -3.70. The van der Waals surface area contributed by atoms with Gasteiger partial charge in [-0.1, -0.05) is 12.1 Å². The number of nitro groups is 1. The van der Waals surface area contributed by atoms with Crippen molar-refractivity contribution in [2.24, 2.45) is 0 Å². The van der Waals surface area contributed by atoms with Gasteiger partial charge in [-0.25, -0.2) is 4.98 Å². The zero-order valence-electron chi connectivity index (χ0n) is 14.5. The summed E-state index contributed by atoms with van der Waals surface area (Å²) in [6.07, 6.45) is -9.17. The average molecular weight is 429 g/mol. The number of nitrogens with zero attached hydrogens (tertiary/aromatic N) is 2. The lowest BCUT2D eigenvalue weighted by molar-refractivity contribution is -0.383. The number of hydrogen-bond donors (Lipinski definition) is 1. The first-order valence-electron chi connectivity index (χ1n) is 8.01. The molecule has 0 radical (unpaired) electrons. The molecule has 30 heavy (non-hydrogen) atoms. The van der Waals surface area contributed by atoms with Crippen molar-refractivity contribution in [3.63, 3.8) is 0 Å². The topological polar surface area (TPSA) is 85.1 Å². The molecule has 12 heteroatoms. The zero-order valence-corrected chi connectivity index (χ0v) is 14.5. The molecule has 3 rings (SSSR count). The molecule has 0 saturated heterocycles. The van der Waals surface area contributed by atoms with E-state index in [2.05, 4.69) is 10.3 Å². The molecule has 0 aliphatic heterocycles. The van der Waals surface area contributed by atoms with Gasteiger partial charge >= 0.3 is 12.4 Å². The molecule has 2 aromatic carbocycles. The monoisotopic (exact) mass is 429 g/mol. The second kappa shape index (κ2) is 7.28. The first-order chi connectivity index (χ1) is 13.9. The molecule has 6 nitrogen and oxygen atoms in total. The predicted molar refractivity (Wildman–Crippen MR) is 92.8 cm³/mol. The Morgan fingerprint density at radius 2 is 1.67 bits per heavy atom. The van der Waals surface area contributed by atoms with Crippen molar-refractivity contribution in [2.75, 3.05) is 5.32 Å². The first kappa shape index (κ1) is 21.0. The van der Waals surface area contributed by atoms with E-state index >= 15 is 0 Å². The van der Waals surface area contributed by atoms with Gasteiger partial charge in [-0.2, -0.15) is 26.3 Å². The van der Waals surface area contributed by atoms with E-state index < -0.39 is 39.9 Å². The largest absolute Gasteiger partial charge is 0.417 e. The van der Waals surface area contributed by atoms with Crippen LogP contribution >= 0.6 is 0 Å². The van der Waals surface area contributed by atoms with Crippen LogP contribution < -0.4 is 5.32 Å². The fourth-order valence-electron chi connectivity index (χ4n) is 2.78. The lowest BCUT2D eigenvalue weighted by Crippen LogP contribution is -2.20. The number of pyridine rings is 1. The smallest absolute Gasteiger partial charge is 0.306 e. The van der Waals surface area contributed by atoms with Gasteiger partial charge in [0.15, 0.2) is 0 Å². The maximum absolute atomic E-state index is 13.3. The Morgan fingerprint density at radius 1 is 0.967 bits per heavy atom. The molecular formula is C18H9F6N3O3. The highest BCUT2D eigenvalue weighted by atomic mass is 19.4. The fraction of sp³-hybridized carbons (Fsp3) is 0.111. The number of benzene rings is 2. The highest BCUT2D eigenvalue weighted by Gasteiger charge is 2.39. The van der Waals surface area contributed by atoms with Crippen molar-refractivity contribution in [3.05, 3.63) is 75.5 Å². The summed E-state index contributed by atoms with van der Waals surface area (Å²) >= 11 is 0. The number of alkyl halides is 6. The minimum Gasteiger partial charge on any atom is -0.306 e. The summed E-state index contributed by atoms with van der Waals surface area (Å²) in [6.45, 7) is 0. The predicted octanol–water partition coefficient (Wildman–Crippen LogP) is 5.43. The Morgan fingerprint density at radius 3 is 2.27 bits per heavy atom. The van der Waals surface area contributed by atoms with E-state index in [1.807, 2.05) is 0 Å². The third-order valence-electron chi connectivity index (χ3n) is 4.11. The minimum atomic E-state index is -5.24. The number of fused-ring (bicyclic) bond motifs is 1. The maximum Gasteiger partial charge on any atom is 0.417 e. The average Bonchev–Trinajstić information content (AvgIpc) is 2.65. The molecule has 0 aliphatic rings. The molecule has 0 bridgehead atoms. The van der Waals surface area contributed by atoms with Crippen molar-refractivity contribution in [2.45, 2.75) is 12.4 Å². The number of nitro benzene ring substituents is 1. The van der Waals surface area contributed by atoms with Gasteiger partial charge in [-0.05, 0) is 24.3 Å². The van der Waals surface area contributed by atoms with E-state index in [9.17, 15) is 41.3 Å². The van der Waals surface area contributed by atoms with Crippen LogP contribution in [0, 0.1) is 10.1 Å². The molecule has 0 spiro atoms. The molecule has 156 valence electrons. The van der Waals surface area contributed by atoms with E-state index in [4.69, 9.17) is 0 Å². The fourth-order valence-corrected chi connectivity index (χ4v) is 2.78. The molecule has 3 aromatic rings. The highest BCUT2D eigenvalue weighted by Crippen LogP contribution is 2.38. The van der Waals surface area contributed by atoms with Crippen LogP contribution in [0.3, 0.4) is 0 Å². The Balaban J connectivity index is 2.07. The van der Waals surface area contributed by atoms with Crippen LogP contribution in [0.5, 0.6) is 0 Å². The molecule has 0 unspecified atom stereocenters. The summed E-state index contributed by atoms with van der Waals surface area (Å²) in [7, 11) is 0. The van der Waals surface area contributed by atoms with Gasteiger partial charge in [0.2, 0.25) is 0 Å². The van der Waals surface area contributed by atoms with Crippen molar-refractivity contribution >= 4 is 28.2 Å². The van der Waals surface area contributed by atoms with E-state index in [0.29, 0.717) is 12.1 Å². The number of anilines is 1. The number of halogens is 6. The molecule has 0 aliphatic carbocycles. The van der Waals surface area contributed by atoms with Crippen molar-refractivity contribution in [3.8, 4) is 0 Å². The number of carbonyl (C=O) groups is 1. The van der Waals surface area contributed by atoms with Gasteiger partial charge in [0.1, 0.15) is 5.82 Å². The zero-order chi connectivity index (χ0) is 22.3. The second-order valence-electron chi connectivity index (χ2n) is 6.00. The van der Waals surface area contributed by atoms with Gasteiger partial charge in [0.05, 0.1) is 27.0 Å². The summed E-state index contributed by atoms with van der Waals surface area (Å²) in [5, 5.41) is 13.3. The summed E-state index contributed by atoms with van der Waals surface area (Å²) in [4.78, 5) is 26.7. The lowest BCUT2D eigenvalue weighted by Gasteiger charge is -2.16. The van der Waals surface area contributed by atoms with Crippen LogP contribution in [0.15, 0.2) is 48.7 Å². The third kappa shape index (κ3) is 4.02. The minimum absolute atomic E-state index is 0.0660. The highest BCUT2D eigenvalue weighted by molar-refractivity contribution is 6.10. The van der Waals surface area contributed by atoms with Gasteiger partial charge in [-0.3, -0.25) is 14.9 Å².